The number of hydrogen-bond donors (Lipinski definition) is 2. The molecule has 37 heavy (non-hydrogen) atoms. The summed E-state index contributed by atoms with van der Waals surface area (Å²) in [6.45, 7) is 17.9. The molecule has 0 aromatic carbocycles. The summed E-state index contributed by atoms with van der Waals surface area (Å²) in [7, 11) is 0. The fraction of sp³-hybridized carbons (Fsp3) is 0.875. The van der Waals surface area contributed by atoms with Gasteiger partial charge in [-0.3, -0.25) is 9.59 Å². The Hall–Kier alpha value is -1.36. The van der Waals surface area contributed by atoms with E-state index in [9.17, 15) is 19.8 Å². The first kappa shape index (κ1) is 27.2. The van der Waals surface area contributed by atoms with Gasteiger partial charge in [0.25, 0.3) is 0 Å². The van der Waals surface area contributed by atoms with Crippen LogP contribution in [0.3, 0.4) is 0 Å². The molecule has 5 fully saturated rings. The van der Waals surface area contributed by atoms with Crippen molar-refractivity contribution in [2.75, 3.05) is 6.61 Å². The van der Waals surface area contributed by atoms with E-state index < -0.39 is 22.9 Å². The van der Waals surface area contributed by atoms with Gasteiger partial charge in [0, 0.05) is 12.3 Å². The SMILES string of the molecule is C=C(C)[C@@H]1CC[C@]2(C(=O)O)CC[C@]3(C)C(CC[C@@H]4[C@@]5(C)CCC(O)[C@@](C)(COC(C)=O)[C@@H]5CC[C@]43C)[C@@H]12. The number of allylic oxidation sites excluding steroid dienone is 1. The molecule has 5 aliphatic rings. The second-order valence-corrected chi connectivity index (χ2v) is 15.0. The third-order valence-corrected chi connectivity index (χ3v) is 13.9. The second-order valence-electron chi connectivity index (χ2n) is 15.0. The van der Waals surface area contributed by atoms with Crippen LogP contribution in [0.1, 0.15) is 106 Å². The highest BCUT2D eigenvalue weighted by molar-refractivity contribution is 5.76. The van der Waals surface area contributed by atoms with Gasteiger partial charge in [0.2, 0.25) is 0 Å². The van der Waals surface area contributed by atoms with Gasteiger partial charge < -0.3 is 14.9 Å². The molecule has 0 radical (unpaired) electrons. The Kier molecular flexibility index (Phi) is 6.30. The summed E-state index contributed by atoms with van der Waals surface area (Å²) in [4.78, 5) is 24.6. The molecule has 0 bridgehead atoms. The van der Waals surface area contributed by atoms with E-state index in [-0.39, 0.29) is 34.7 Å². The Bertz CT molecular complexity index is 990. The van der Waals surface area contributed by atoms with Gasteiger partial charge in [-0.2, -0.15) is 0 Å². The highest BCUT2D eigenvalue weighted by Crippen LogP contribution is 2.77. The maximum Gasteiger partial charge on any atom is 0.309 e. The van der Waals surface area contributed by atoms with E-state index in [4.69, 9.17) is 4.74 Å². The Morgan fingerprint density at radius 1 is 0.865 bits per heavy atom. The first-order valence-corrected chi connectivity index (χ1v) is 14.9. The number of aliphatic hydroxyl groups is 1. The maximum atomic E-state index is 12.8. The van der Waals surface area contributed by atoms with Gasteiger partial charge in [0.1, 0.15) is 0 Å². The lowest BCUT2D eigenvalue weighted by molar-refractivity contribution is -0.255. The average Bonchev–Trinajstić information content (AvgIpc) is 3.22. The zero-order valence-electron chi connectivity index (χ0n) is 24.1. The predicted octanol–water partition coefficient (Wildman–Crippen LogP) is 6.63. The van der Waals surface area contributed by atoms with Crippen LogP contribution in [0, 0.1) is 56.7 Å². The molecule has 5 nitrogen and oxygen atoms in total. The maximum absolute atomic E-state index is 12.8. The number of hydrogen-bond acceptors (Lipinski definition) is 4. The molecule has 5 heteroatoms. The van der Waals surface area contributed by atoms with Gasteiger partial charge in [-0.25, -0.2) is 0 Å². The standard InChI is InChI=1S/C32H50O5/c1-19(2)21-10-15-32(27(35)36)17-16-30(6)22(26(21)32)8-9-24-28(4)13-12-25(34)29(5,18-37-20(3)33)23(28)11-14-31(24,30)7/h21-26,34H,1,8-18H2,2-7H3,(H,35,36)/t21-,22?,23+,24+,25?,26+,28-,29-,30+,31+,32-/m0/s1. The molecule has 0 spiro atoms. The normalized spacial score (nSPS) is 52.7. The Labute approximate surface area is 223 Å². The number of esters is 1. The summed E-state index contributed by atoms with van der Waals surface area (Å²) in [5, 5.41) is 21.7. The largest absolute Gasteiger partial charge is 0.481 e. The van der Waals surface area contributed by atoms with E-state index in [2.05, 4.69) is 41.2 Å². The van der Waals surface area contributed by atoms with Crippen LogP contribution in [0.2, 0.25) is 0 Å². The minimum absolute atomic E-state index is 0.0693. The summed E-state index contributed by atoms with van der Waals surface area (Å²) in [5.41, 5.74) is 0.435. The van der Waals surface area contributed by atoms with Crippen molar-refractivity contribution in [1.82, 2.24) is 0 Å². The van der Waals surface area contributed by atoms with E-state index in [1.807, 2.05) is 0 Å². The van der Waals surface area contributed by atoms with Crippen LogP contribution in [0.25, 0.3) is 0 Å². The van der Waals surface area contributed by atoms with E-state index in [0.717, 1.165) is 64.2 Å². The van der Waals surface area contributed by atoms with Crippen LogP contribution in [0.4, 0.5) is 0 Å². The number of ether oxygens (including phenoxy) is 1. The molecule has 0 aromatic heterocycles. The van der Waals surface area contributed by atoms with E-state index >= 15 is 0 Å². The summed E-state index contributed by atoms with van der Waals surface area (Å²) in [5.74, 6) is 0.876. The van der Waals surface area contributed by atoms with Crippen molar-refractivity contribution in [2.45, 2.75) is 112 Å². The molecular formula is C32H50O5. The number of carboxylic acids is 1. The van der Waals surface area contributed by atoms with Crippen LogP contribution in [0.5, 0.6) is 0 Å². The number of fused-ring (bicyclic) bond motifs is 7. The summed E-state index contributed by atoms with van der Waals surface area (Å²) < 4.78 is 5.57. The lowest BCUT2D eigenvalue weighted by atomic mass is 9.32. The van der Waals surface area contributed by atoms with Gasteiger partial charge in [-0.05, 0) is 117 Å². The predicted molar refractivity (Wildman–Crippen MR) is 144 cm³/mol. The lowest BCUT2D eigenvalue weighted by Gasteiger charge is -2.72. The molecule has 208 valence electrons. The van der Waals surface area contributed by atoms with Crippen LogP contribution in [0.15, 0.2) is 12.2 Å². The van der Waals surface area contributed by atoms with Gasteiger partial charge in [-0.15, -0.1) is 0 Å². The molecule has 0 aromatic rings. The number of carbonyl (C=O) groups excluding carboxylic acids is 1. The number of carboxylic acid groups (broad SMARTS) is 1. The first-order chi connectivity index (χ1) is 17.2. The lowest BCUT2D eigenvalue weighted by Crippen LogP contribution is -2.67. The van der Waals surface area contributed by atoms with Crippen molar-refractivity contribution in [2.24, 2.45) is 56.7 Å². The highest BCUT2D eigenvalue weighted by Gasteiger charge is 2.72. The summed E-state index contributed by atoms with van der Waals surface area (Å²) in [6, 6.07) is 0. The minimum Gasteiger partial charge on any atom is -0.481 e. The van der Waals surface area contributed by atoms with Crippen molar-refractivity contribution in [3.05, 3.63) is 12.2 Å². The van der Waals surface area contributed by atoms with Crippen LogP contribution in [-0.2, 0) is 14.3 Å². The first-order valence-electron chi connectivity index (χ1n) is 14.9. The Morgan fingerprint density at radius 2 is 1.57 bits per heavy atom. The topological polar surface area (TPSA) is 83.8 Å². The van der Waals surface area contributed by atoms with E-state index in [1.165, 1.54) is 12.5 Å². The smallest absolute Gasteiger partial charge is 0.309 e. The zero-order valence-corrected chi connectivity index (χ0v) is 24.1. The quantitative estimate of drug-likeness (QED) is 0.325. The van der Waals surface area contributed by atoms with Crippen molar-refractivity contribution in [1.29, 1.82) is 0 Å². The third kappa shape index (κ3) is 3.44. The van der Waals surface area contributed by atoms with Crippen molar-refractivity contribution >= 4 is 11.9 Å². The number of carbonyl (C=O) groups is 2. The highest BCUT2D eigenvalue weighted by atomic mass is 16.5. The molecule has 0 saturated heterocycles. The van der Waals surface area contributed by atoms with E-state index in [0.29, 0.717) is 23.7 Å². The number of aliphatic hydroxyl groups excluding tert-OH is 1. The minimum atomic E-state index is -0.588. The Morgan fingerprint density at radius 3 is 2.19 bits per heavy atom. The molecule has 11 atom stereocenters. The third-order valence-electron chi connectivity index (χ3n) is 13.9. The van der Waals surface area contributed by atoms with Crippen LogP contribution < -0.4 is 0 Å². The van der Waals surface area contributed by atoms with Gasteiger partial charge in [0.15, 0.2) is 0 Å². The van der Waals surface area contributed by atoms with Crippen LogP contribution >= 0.6 is 0 Å². The van der Waals surface area contributed by atoms with E-state index in [1.54, 1.807) is 0 Å². The summed E-state index contributed by atoms with van der Waals surface area (Å²) >= 11 is 0. The van der Waals surface area contributed by atoms with Gasteiger partial charge >= 0.3 is 11.9 Å². The van der Waals surface area contributed by atoms with Crippen molar-refractivity contribution in [3.8, 4) is 0 Å². The molecule has 0 amide bonds. The molecule has 5 aliphatic carbocycles. The molecule has 0 aliphatic heterocycles. The molecule has 0 heterocycles. The molecule has 2 unspecified atom stereocenters. The van der Waals surface area contributed by atoms with Gasteiger partial charge in [0.05, 0.1) is 18.1 Å². The summed E-state index contributed by atoms with van der Waals surface area (Å²) in [6.07, 6.45) is 9.17. The van der Waals surface area contributed by atoms with Crippen molar-refractivity contribution in [3.63, 3.8) is 0 Å². The zero-order chi connectivity index (χ0) is 27.2. The van der Waals surface area contributed by atoms with Crippen molar-refractivity contribution < 1.29 is 24.5 Å². The monoisotopic (exact) mass is 514 g/mol. The van der Waals surface area contributed by atoms with Crippen LogP contribution in [-0.4, -0.2) is 34.9 Å². The fourth-order valence-electron chi connectivity index (χ4n) is 11.8. The molecule has 5 rings (SSSR count). The Balaban J connectivity index is 1.53. The molecule has 2 N–H and O–H groups in total. The fourth-order valence-corrected chi connectivity index (χ4v) is 11.8. The number of rotatable bonds is 4. The van der Waals surface area contributed by atoms with Gasteiger partial charge in [-0.1, -0.05) is 39.8 Å². The second kappa shape index (κ2) is 8.57. The molecule has 5 saturated carbocycles. The number of aliphatic carboxylic acids is 1. The molecular weight excluding hydrogens is 464 g/mol. The average molecular weight is 515 g/mol.